The van der Waals surface area contributed by atoms with Crippen LogP contribution in [0.4, 0.5) is 9.18 Å². The van der Waals surface area contributed by atoms with Crippen LogP contribution in [0.5, 0.6) is 0 Å². The third-order valence-electron chi connectivity index (χ3n) is 5.58. The summed E-state index contributed by atoms with van der Waals surface area (Å²) in [5, 5.41) is 0.391. The summed E-state index contributed by atoms with van der Waals surface area (Å²) in [6.45, 7) is 5.66. The van der Waals surface area contributed by atoms with Gasteiger partial charge in [-0.25, -0.2) is 14.2 Å². The fourth-order valence-electron chi connectivity index (χ4n) is 4.45. The summed E-state index contributed by atoms with van der Waals surface area (Å²) >= 11 is 6.32. The second kappa shape index (κ2) is 7.03. The standard InChI is InChI=1S/C22H24ClFN2O2/c1-22(2,3)28-21(27)26-16-8-9-19(26)17(11-16)14-10-18(20(23)25-12-14)13-4-6-15(24)7-5-13/h4-7,10,12,16-17,19H,8-9,11H2,1-3H3/t16-,17+,19+/m0/s1. The Morgan fingerprint density at radius 1 is 1.25 bits per heavy atom. The quantitative estimate of drug-likeness (QED) is 0.596. The molecular weight excluding hydrogens is 379 g/mol. The van der Waals surface area contributed by atoms with Gasteiger partial charge in [-0.2, -0.15) is 0 Å². The molecule has 4 rings (SSSR count). The van der Waals surface area contributed by atoms with Crippen LogP contribution in [0.3, 0.4) is 0 Å². The van der Waals surface area contributed by atoms with E-state index in [9.17, 15) is 9.18 Å². The highest BCUT2D eigenvalue weighted by Crippen LogP contribution is 2.48. The Morgan fingerprint density at radius 2 is 1.96 bits per heavy atom. The Labute approximate surface area is 169 Å². The minimum Gasteiger partial charge on any atom is -0.444 e. The first-order chi connectivity index (χ1) is 13.2. The average molecular weight is 403 g/mol. The van der Waals surface area contributed by atoms with Gasteiger partial charge in [0, 0.05) is 29.8 Å². The normalized spacial score (nSPS) is 23.9. The number of fused-ring (bicyclic) bond motifs is 2. The lowest BCUT2D eigenvalue weighted by atomic mass is 9.84. The van der Waals surface area contributed by atoms with Crippen molar-refractivity contribution in [2.24, 2.45) is 0 Å². The minimum atomic E-state index is -0.508. The lowest BCUT2D eigenvalue weighted by Crippen LogP contribution is -2.40. The molecule has 2 aromatic rings. The zero-order valence-electron chi connectivity index (χ0n) is 16.3. The van der Waals surface area contributed by atoms with E-state index in [4.69, 9.17) is 16.3 Å². The molecular formula is C22H24ClFN2O2. The van der Waals surface area contributed by atoms with E-state index in [0.717, 1.165) is 36.0 Å². The summed E-state index contributed by atoms with van der Waals surface area (Å²) in [6.07, 6.45) is 4.43. The molecule has 2 fully saturated rings. The maximum Gasteiger partial charge on any atom is 0.410 e. The molecule has 1 aromatic heterocycles. The Balaban J connectivity index is 1.61. The number of carbonyl (C=O) groups is 1. The Kier molecular flexibility index (Phi) is 4.82. The molecule has 0 radical (unpaired) electrons. The largest absolute Gasteiger partial charge is 0.444 e. The van der Waals surface area contributed by atoms with E-state index in [1.807, 2.05) is 31.7 Å². The van der Waals surface area contributed by atoms with Crippen LogP contribution in [0.25, 0.3) is 11.1 Å². The van der Waals surface area contributed by atoms with Gasteiger partial charge in [-0.3, -0.25) is 0 Å². The van der Waals surface area contributed by atoms with Gasteiger partial charge in [-0.1, -0.05) is 23.7 Å². The van der Waals surface area contributed by atoms with Crippen molar-refractivity contribution in [1.29, 1.82) is 0 Å². The van der Waals surface area contributed by atoms with Crippen LogP contribution in [0.2, 0.25) is 5.15 Å². The second-order valence-corrected chi connectivity index (χ2v) is 9.00. The van der Waals surface area contributed by atoms with Crippen LogP contribution >= 0.6 is 11.6 Å². The zero-order valence-corrected chi connectivity index (χ0v) is 17.0. The topological polar surface area (TPSA) is 42.4 Å². The predicted molar refractivity (Wildman–Crippen MR) is 107 cm³/mol. The molecule has 4 nitrogen and oxygen atoms in total. The van der Waals surface area contributed by atoms with E-state index < -0.39 is 5.60 Å². The molecule has 3 atom stereocenters. The van der Waals surface area contributed by atoms with Crippen molar-refractivity contribution in [3.63, 3.8) is 0 Å². The van der Waals surface area contributed by atoms with E-state index in [2.05, 4.69) is 4.98 Å². The number of halogens is 2. The van der Waals surface area contributed by atoms with Gasteiger partial charge in [0.2, 0.25) is 0 Å². The average Bonchev–Trinajstić information content (AvgIpc) is 3.20. The summed E-state index contributed by atoms with van der Waals surface area (Å²) in [5.41, 5.74) is 2.16. The molecule has 0 saturated carbocycles. The third-order valence-corrected chi connectivity index (χ3v) is 5.89. The van der Waals surface area contributed by atoms with Crippen molar-refractivity contribution in [3.8, 4) is 11.1 Å². The van der Waals surface area contributed by atoms with E-state index in [1.165, 1.54) is 12.1 Å². The first kappa shape index (κ1) is 19.2. The highest BCUT2D eigenvalue weighted by Gasteiger charge is 2.50. The highest BCUT2D eigenvalue weighted by molar-refractivity contribution is 6.32. The van der Waals surface area contributed by atoms with Crippen LogP contribution in [0, 0.1) is 5.82 Å². The maximum absolute atomic E-state index is 13.3. The number of aromatic nitrogens is 1. The SMILES string of the molecule is CC(C)(C)OC(=O)N1[C@H]2CC[C@@H]1[C@@H](c1cnc(Cl)c(-c3ccc(F)cc3)c1)C2. The van der Waals surface area contributed by atoms with Crippen molar-refractivity contribution >= 4 is 17.7 Å². The number of hydrogen-bond acceptors (Lipinski definition) is 3. The molecule has 6 heteroatoms. The van der Waals surface area contributed by atoms with E-state index in [1.54, 1.807) is 18.3 Å². The van der Waals surface area contributed by atoms with Gasteiger partial charge in [0.25, 0.3) is 0 Å². The summed E-state index contributed by atoms with van der Waals surface area (Å²) in [6, 6.07) is 8.59. The van der Waals surface area contributed by atoms with Gasteiger partial charge < -0.3 is 9.64 Å². The Hall–Kier alpha value is -2.14. The lowest BCUT2D eigenvalue weighted by Gasteiger charge is -2.28. The van der Waals surface area contributed by atoms with Crippen molar-refractivity contribution in [2.45, 2.75) is 63.6 Å². The second-order valence-electron chi connectivity index (χ2n) is 8.64. The molecule has 0 aliphatic carbocycles. The van der Waals surface area contributed by atoms with Crippen LogP contribution in [0.1, 0.15) is 51.5 Å². The maximum atomic E-state index is 13.3. The molecule has 1 amide bonds. The number of rotatable bonds is 2. The molecule has 2 bridgehead atoms. The van der Waals surface area contributed by atoms with E-state index in [0.29, 0.717) is 5.15 Å². The summed E-state index contributed by atoms with van der Waals surface area (Å²) in [7, 11) is 0. The number of nitrogens with zero attached hydrogens (tertiary/aromatic N) is 2. The number of pyridine rings is 1. The third kappa shape index (κ3) is 3.60. The van der Waals surface area contributed by atoms with Crippen molar-refractivity contribution in [3.05, 3.63) is 53.1 Å². The number of ether oxygens (including phenoxy) is 1. The minimum absolute atomic E-state index is 0.115. The smallest absolute Gasteiger partial charge is 0.410 e. The molecule has 0 N–H and O–H groups in total. The zero-order chi connectivity index (χ0) is 20.1. The molecule has 0 spiro atoms. The van der Waals surface area contributed by atoms with Gasteiger partial charge in [-0.05, 0) is 69.4 Å². The molecule has 2 aliphatic heterocycles. The van der Waals surface area contributed by atoms with Gasteiger partial charge >= 0.3 is 6.09 Å². The highest BCUT2D eigenvalue weighted by atomic mass is 35.5. The van der Waals surface area contributed by atoms with Crippen LogP contribution < -0.4 is 0 Å². The number of amides is 1. The van der Waals surface area contributed by atoms with Crippen LogP contribution in [-0.2, 0) is 4.74 Å². The number of hydrogen-bond donors (Lipinski definition) is 0. The Bertz CT molecular complexity index is 894. The number of benzene rings is 1. The van der Waals surface area contributed by atoms with E-state index >= 15 is 0 Å². The first-order valence-electron chi connectivity index (χ1n) is 9.65. The molecule has 2 saturated heterocycles. The summed E-state index contributed by atoms with van der Waals surface area (Å²) in [4.78, 5) is 19.0. The summed E-state index contributed by atoms with van der Waals surface area (Å²) < 4.78 is 18.9. The van der Waals surface area contributed by atoms with Gasteiger partial charge in [0.05, 0.1) is 0 Å². The van der Waals surface area contributed by atoms with Gasteiger partial charge in [-0.15, -0.1) is 0 Å². The Morgan fingerprint density at radius 3 is 2.64 bits per heavy atom. The molecule has 148 valence electrons. The first-order valence-corrected chi connectivity index (χ1v) is 10.0. The number of carbonyl (C=O) groups excluding carboxylic acids is 1. The van der Waals surface area contributed by atoms with Gasteiger partial charge in [0.1, 0.15) is 16.6 Å². The van der Waals surface area contributed by atoms with Gasteiger partial charge in [0.15, 0.2) is 0 Å². The lowest BCUT2D eigenvalue weighted by molar-refractivity contribution is 0.0213. The van der Waals surface area contributed by atoms with Crippen molar-refractivity contribution < 1.29 is 13.9 Å². The monoisotopic (exact) mass is 402 g/mol. The summed E-state index contributed by atoms with van der Waals surface area (Å²) in [5.74, 6) is -0.0830. The fraction of sp³-hybridized carbons (Fsp3) is 0.455. The predicted octanol–water partition coefficient (Wildman–Crippen LogP) is 5.80. The van der Waals surface area contributed by atoms with Crippen LogP contribution in [0.15, 0.2) is 36.5 Å². The molecule has 28 heavy (non-hydrogen) atoms. The van der Waals surface area contributed by atoms with E-state index in [-0.39, 0.29) is 29.9 Å². The molecule has 0 unspecified atom stereocenters. The molecule has 2 aliphatic rings. The molecule has 3 heterocycles. The fourth-order valence-corrected chi connectivity index (χ4v) is 4.66. The molecule has 1 aromatic carbocycles. The van der Waals surface area contributed by atoms with Crippen molar-refractivity contribution in [1.82, 2.24) is 9.88 Å². The van der Waals surface area contributed by atoms with Crippen LogP contribution in [-0.4, -0.2) is 33.7 Å². The van der Waals surface area contributed by atoms with Crippen molar-refractivity contribution in [2.75, 3.05) is 0 Å².